The van der Waals surface area contributed by atoms with Crippen molar-refractivity contribution >= 4 is 41.6 Å². The summed E-state index contributed by atoms with van der Waals surface area (Å²) in [6.07, 6.45) is 0.379. The zero-order chi connectivity index (χ0) is 30.1. The van der Waals surface area contributed by atoms with Gasteiger partial charge in [-0.15, -0.1) is 0 Å². The normalized spacial score (nSPS) is 14.4. The Morgan fingerprint density at radius 3 is 1.69 bits per heavy atom. The second-order valence-corrected chi connectivity index (χ2v) is 8.93. The van der Waals surface area contributed by atoms with Gasteiger partial charge < -0.3 is 54.8 Å². The van der Waals surface area contributed by atoms with Crippen LogP contribution in [0, 0.1) is 5.92 Å². The van der Waals surface area contributed by atoms with Crippen molar-refractivity contribution in [3.63, 3.8) is 0 Å². The number of carbonyl (C=O) groups is 5. The molecule has 0 rings (SSSR count). The Kier molecular flexibility index (Phi) is 16.2. The van der Waals surface area contributed by atoms with Gasteiger partial charge >= 0.3 is 11.9 Å². The van der Waals surface area contributed by atoms with Crippen LogP contribution in [0.5, 0.6) is 0 Å². The average Bonchev–Trinajstić information content (AvgIpc) is 2.84. The van der Waals surface area contributed by atoms with Crippen LogP contribution in [-0.4, -0.2) is 89.0 Å². The highest BCUT2D eigenvalue weighted by molar-refractivity contribution is 5.94. The van der Waals surface area contributed by atoms with Crippen LogP contribution < -0.4 is 44.6 Å². The fourth-order valence-corrected chi connectivity index (χ4v) is 3.31. The summed E-state index contributed by atoms with van der Waals surface area (Å²) in [5.41, 5.74) is 26.7. The van der Waals surface area contributed by atoms with E-state index in [2.05, 4.69) is 25.9 Å². The molecule has 3 amide bonds. The molecule has 0 aromatic rings. The number of amides is 3. The number of nitrogens with one attached hydrogen (secondary N) is 3. The van der Waals surface area contributed by atoms with Crippen LogP contribution in [0.15, 0.2) is 9.98 Å². The molecule has 0 fully saturated rings. The van der Waals surface area contributed by atoms with Gasteiger partial charge in [-0.3, -0.25) is 29.2 Å². The van der Waals surface area contributed by atoms with E-state index in [0.717, 1.165) is 0 Å². The lowest BCUT2D eigenvalue weighted by molar-refractivity contribution is -0.143. The monoisotopic (exact) mass is 558 g/mol. The molecule has 5 unspecified atom stereocenters. The Morgan fingerprint density at radius 2 is 1.26 bits per heavy atom. The highest BCUT2D eigenvalue weighted by Crippen LogP contribution is 2.11. The Balaban J connectivity index is 5.65. The minimum atomic E-state index is -1.42. The van der Waals surface area contributed by atoms with Crippen molar-refractivity contribution in [1.82, 2.24) is 16.0 Å². The summed E-state index contributed by atoms with van der Waals surface area (Å²) in [7, 11) is 0. The first kappa shape index (κ1) is 34.9. The van der Waals surface area contributed by atoms with Gasteiger partial charge in [-0.2, -0.15) is 0 Å². The molecule has 0 spiro atoms. The van der Waals surface area contributed by atoms with Crippen LogP contribution in [-0.2, 0) is 24.0 Å². The van der Waals surface area contributed by atoms with E-state index in [0.29, 0.717) is 6.42 Å². The zero-order valence-corrected chi connectivity index (χ0v) is 22.3. The summed E-state index contributed by atoms with van der Waals surface area (Å²) in [5, 5.41) is 25.8. The minimum Gasteiger partial charge on any atom is -0.481 e. The van der Waals surface area contributed by atoms with E-state index < -0.39 is 66.2 Å². The maximum Gasteiger partial charge on any atom is 0.326 e. The number of guanidine groups is 2. The number of aliphatic carboxylic acids is 2. The fraction of sp³-hybridized carbons (Fsp3) is 0.682. The Morgan fingerprint density at radius 1 is 0.769 bits per heavy atom. The van der Waals surface area contributed by atoms with E-state index in [-0.39, 0.29) is 50.7 Å². The maximum atomic E-state index is 13.2. The number of carbonyl (C=O) groups excluding carboxylic acids is 3. The smallest absolute Gasteiger partial charge is 0.326 e. The van der Waals surface area contributed by atoms with Crippen molar-refractivity contribution in [2.75, 3.05) is 13.1 Å². The number of aliphatic imine (C=N–C) groups is 2. The van der Waals surface area contributed by atoms with Crippen molar-refractivity contribution < 1.29 is 34.2 Å². The van der Waals surface area contributed by atoms with Gasteiger partial charge in [-0.05, 0) is 31.6 Å². The molecule has 15 N–H and O–H groups in total. The summed E-state index contributed by atoms with van der Waals surface area (Å²) in [6, 6.07) is -5.04. The van der Waals surface area contributed by atoms with Crippen molar-refractivity contribution in [2.45, 2.75) is 76.5 Å². The molecule has 222 valence electrons. The third-order valence-corrected chi connectivity index (χ3v) is 5.66. The second-order valence-electron chi connectivity index (χ2n) is 8.93. The molecular formula is C22H42N10O7. The number of hydrogen-bond donors (Lipinski definition) is 10. The van der Waals surface area contributed by atoms with Gasteiger partial charge in [0.05, 0.1) is 12.5 Å². The van der Waals surface area contributed by atoms with Crippen LogP contribution in [0.4, 0.5) is 0 Å². The quantitative estimate of drug-likeness (QED) is 0.0419. The minimum absolute atomic E-state index is 0.0317. The summed E-state index contributed by atoms with van der Waals surface area (Å²) in [4.78, 5) is 68.8. The van der Waals surface area contributed by atoms with Crippen molar-refractivity contribution in [3.05, 3.63) is 0 Å². The van der Waals surface area contributed by atoms with Crippen molar-refractivity contribution in [1.29, 1.82) is 0 Å². The number of nitrogens with two attached hydrogens (primary N) is 5. The van der Waals surface area contributed by atoms with Crippen LogP contribution >= 0.6 is 0 Å². The molecule has 0 radical (unpaired) electrons. The molecule has 0 aromatic heterocycles. The SMILES string of the molecule is CCC(C)C(NC(=O)C(CCCN=C(N)N)NC(=O)C(N)CC(=O)O)C(=O)NC(CCCN=C(N)N)C(=O)O. The highest BCUT2D eigenvalue weighted by Gasteiger charge is 2.32. The van der Waals surface area contributed by atoms with E-state index in [9.17, 15) is 29.1 Å². The van der Waals surface area contributed by atoms with Crippen molar-refractivity contribution in [3.8, 4) is 0 Å². The van der Waals surface area contributed by atoms with Gasteiger partial charge in [0.1, 0.15) is 18.1 Å². The lowest BCUT2D eigenvalue weighted by Crippen LogP contribution is -2.58. The Labute approximate surface area is 226 Å². The van der Waals surface area contributed by atoms with E-state index >= 15 is 0 Å². The molecule has 39 heavy (non-hydrogen) atoms. The molecule has 0 aliphatic heterocycles. The summed E-state index contributed by atoms with van der Waals surface area (Å²) < 4.78 is 0. The summed E-state index contributed by atoms with van der Waals surface area (Å²) in [6.45, 7) is 3.77. The first-order valence-corrected chi connectivity index (χ1v) is 12.4. The molecule has 0 saturated heterocycles. The Bertz CT molecular complexity index is 904. The van der Waals surface area contributed by atoms with Crippen LogP contribution in [0.2, 0.25) is 0 Å². The number of carboxylic acid groups (broad SMARTS) is 2. The van der Waals surface area contributed by atoms with Gasteiger partial charge in [-0.1, -0.05) is 20.3 Å². The fourth-order valence-electron chi connectivity index (χ4n) is 3.31. The first-order valence-electron chi connectivity index (χ1n) is 12.4. The number of rotatable bonds is 19. The zero-order valence-electron chi connectivity index (χ0n) is 22.3. The Hall–Kier alpha value is -4.15. The molecule has 5 atom stereocenters. The molecule has 17 nitrogen and oxygen atoms in total. The molecule has 0 aliphatic carbocycles. The summed E-state index contributed by atoms with van der Waals surface area (Å²) in [5.74, 6) is -5.67. The largest absolute Gasteiger partial charge is 0.481 e. The third kappa shape index (κ3) is 15.0. The summed E-state index contributed by atoms with van der Waals surface area (Å²) >= 11 is 0. The topological polar surface area (TPSA) is 317 Å². The number of hydrogen-bond acceptors (Lipinski definition) is 8. The van der Waals surface area contributed by atoms with E-state index in [1.54, 1.807) is 13.8 Å². The lowest BCUT2D eigenvalue weighted by atomic mass is 9.96. The van der Waals surface area contributed by atoms with Crippen LogP contribution in [0.3, 0.4) is 0 Å². The van der Waals surface area contributed by atoms with Gasteiger partial charge in [-0.25, -0.2) is 4.79 Å². The van der Waals surface area contributed by atoms with E-state index in [1.165, 1.54) is 0 Å². The predicted octanol–water partition coefficient (Wildman–Crippen LogP) is -3.52. The van der Waals surface area contributed by atoms with Crippen molar-refractivity contribution in [2.24, 2.45) is 44.6 Å². The van der Waals surface area contributed by atoms with Gasteiger partial charge in [0.25, 0.3) is 0 Å². The third-order valence-electron chi connectivity index (χ3n) is 5.66. The standard InChI is InChI=1S/C22H42N10O7/c1-3-11(2)16(19(37)31-14(20(38)39)7-5-9-29-22(26)27)32-18(36)13(6-4-8-28-21(24)25)30-17(35)12(23)10-15(33)34/h11-14,16H,3-10,23H2,1-2H3,(H,30,35)(H,31,37)(H,32,36)(H,33,34)(H,38,39)(H4,24,25,28)(H4,26,27,29). The van der Waals surface area contributed by atoms with Gasteiger partial charge in [0.15, 0.2) is 11.9 Å². The van der Waals surface area contributed by atoms with E-state index in [1.807, 2.05) is 0 Å². The lowest BCUT2D eigenvalue weighted by Gasteiger charge is -2.28. The molecule has 0 heterocycles. The molecule has 0 aromatic carbocycles. The molecule has 0 aliphatic rings. The van der Waals surface area contributed by atoms with Gasteiger partial charge in [0, 0.05) is 13.1 Å². The van der Waals surface area contributed by atoms with Crippen LogP contribution in [0.25, 0.3) is 0 Å². The molecule has 0 bridgehead atoms. The maximum absolute atomic E-state index is 13.2. The van der Waals surface area contributed by atoms with E-state index in [4.69, 9.17) is 33.8 Å². The molecule has 17 heteroatoms. The van der Waals surface area contributed by atoms with Gasteiger partial charge in [0.2, 0.25) is 17.7 Å². The number of carboxylic acids is 2. The molecular weight excluding hydrogens is 516 g/mol. The predicted molar refractivity (Wildman–Crippen MR) is 143 cm³/mol. The average molecular weight is 559 g/mol. The number of nitrogens with zero attached hydrogens (tertiary/aromatic N) is 2. The first-order chi connectivity index (χ1) is 18.2. The second kappa shape index (κ2) is 18.2. The molecule has 0 saturated carbocycles. The van der Waals surface area contributed by atoms with Crippen LogP contribution in [0.1, 0.15) is 52.4 Å². The highest BCUT2D eigenvalue weighted by atomic mass is 16.4.